The molecule has 94 valence electrons. The maximum atomic E-state index is 5.63. The molecular formula is C12H23NO2S. The first-order chi connectivity index (χ1) is 7.66. The van der Waals surface area contributed by atoms with E-state index in [4.69, 9.17) is 9.47 Å². The second kappa shape index (κ2) is 5.71. The Balaban J connectivity index is 1.63. The first-order valence-corrected chi connectivity index (χ1v) is 7.40. The molecule has 0 bridgehead atoms. The Labute approximate surface area is 103 Å². The van der Waals surface area contributed by atoms with Crippen molar-refractivity contribution >= 4 is 11.8 Å². The summed E-state index contributed by atoms with van der Waals surface area (Å²) in [5, 5.41) is 3.57. The van der Waals surface area contributed by atoms with Gasteiger partial charge in [-0.05, 0) is 50.7 Å². The van der Waals surface area contributed by atoms with Crippen LogP contribution in [0.1, 0.15) is 26.7 Å². The lowest BCUT2D eigenvalue weighted by Crippen LogP contribution is -2.49. The van der Waals surface area contributed by atoms with Crippen LogP contribution in [0.15, 0.2) is 0 Å². The van der Waals surface area contributed by atoms with Crippen molar-refractivity contribution in [1.82, 2.24) is 5.32 Å². The van der Waals surface area contributed by atoms with Crippen molar-refractivity contribution in [3.63, 3.8) is 0 Å². The normalized spacial score (nSPS) is 28.1. The fourth-order valence-electron chi connectivity index (χ4n) is 2.09. The van der Waals surface area contributed by atoms with Crippen LogP contribution in [0.5, 0.6) is 0 Å². The van der Waals surface area contributed by atoms with E-state index >= 15 is 0 Å². The summed E-state index contributed by atoms with van der Waals surface area (Å²) in [6.07, 6.45) is 2.72. The van der Waals surface area contributed by atoms with Crippen LogP contribution in [-0.2, 0) is 9.47 Å². The van der Waals surface area contributed by atoms with E-state index in [9.17, 15) is 0 Å². The molecule has 2 rings (SSSR count). The van der Waals surface area contributed by atoms with Gasteiger partial charge in [-0.3, -0.25) is 0 Å². The fourth-order valence-corrected chi connectivity index (χ4v) is 3.30. The first kappa shape index (κ1) is 12.7. The lowest BCUT2D eigenvalue weighted by Gasteiger charge is -2.36. The topological polar surface area (TPSA) is 30.5 Å². The van der Waals surface area contributed by atoms with Gasteiger partial charge in [0.2, 0.25) is 0 Å². The quantitative estimate of drug-likeness (QED) is 0.822. The van der Waals surface area contributed by atoms with Gasteiger partial charge in [0, 0.05) is 0 Å². The average Bonchev–Trinajstić information content (AvgIpc) is 2.29. The molecule has 4 heteroatoms. The van der Waals surface area contributed by atoms with Gasteiger partial charge < -0.3 is 14.8 Å². The van der Waals surface area contributed by atoms with Crippen molar-refractivity contribution in [2.45, 2.75) is 38.5 Å². The second-order valence-corrected chi connectivity index (χ2v) is 6.41. The summed E-state index contributed by atoms with van der Waals surface area (Å²) in [7, 11) is 0. The second-order valence-electron chi connectivity index (χ2n) is 5.18. The van der Waals surface area contributed by atoms with E-state index in [1.807, 2.05) is 13.8 Å². The van der Waals surface area contributed by atoms with Gasteiger partial charge >= 0.3 is 0 Å². The Morgan fingerprint density at radius 1 is 1.19 bits per heavy atom. The molecule has 0 saturated carbocycles. The highest BCUT2D eigenvalue weighted by molar-refractivity contribution is 7.99. The zero-order chi connectivity index (χ0) is 11.4. The zero-order valence-electron chi connectivity index (χ0n) is 10.3. The number of thioether (sulfide) groups is 1. The first-order valence-electron chi connectivity index (χ1n) is 6.25. The van der Waals surface area contributed by atoms with Crippen molar-refractivity contribution in [2.75, 3.05) is 31.3 Å². The third-order valence-electron chi connectivity index (χ3n) is 3.30. The van der Waals surface area contributed by atoms with Gasteiger partial charge in [0.15, 0.2) is 5.79 Å². The Hall–Kier alpha value is 0.230. The minimum atomic E-state index is -0.389. The summed E-state index contributed by atoms with van der Waals surface area (Å²) in [6.45, 7) is 6.62. The average molecular weight is 245 g/mol. The lowest BCUT2D eigenvalue weighted by atomic mass is 10.0. The number of hydrogen-bond acceptors (Lipinski definition) is 4. The minimum absolute atomic E-state index is 0.377. The van der Waals surface area contributed by atoms with Crippen LogP contribution in [0.4, 0.5) is 0 Å². The highest BCUT2D eigenvalue weighted by Crippen LogP contribution is 2.22. The molecule has 0 amide bonds. The van der Waals surface area contributed by atoms with Gasteiger partial charge in [0.05, 0.1) is 19.3 Å². The molecule has 2 heterocycles. The van der Waals surface area contributed by atoms with Crippen molar-refractivity contribution < 1.29 is 9.47 Å². The maximum Gasteiger partial charge on any atom is 0.162 e. The van der Waals surface area contributed by atoms with Gasteiger partial charge in [-0.15, -0.1) is 0 Å². The lowest BCUT2D eigenvalue weighted by molar-refractivity contribution is -0.253. The van der Waals surface area contributed by atoms with E-state index in [0.717, 1.165) is 25.7 Å². The van der Waals surface area contributed by atoms with Gasteiger partial charge in [0.25, 0.3) is 0 Å². The fraction of sp³-hybridized carbons (Fsp3) is 1.00. The third-order valence-corrected chi connectivity index (χ3v) is 4.35. The van der Waals surface area contributed by atoms with Gasteiger partial charge in [-0.25, -0.2) is 0 Å². The Bertz CT molecular complexity index is 207. The minimum Gasteiger partial charge on any atom is -0.349 e. The molecule has 0 aromatic rings. The summed E-state index contributed by atoms with van der Waals surface area (Å²) in [6, 6.07) is 0.377. The molecule has 0 spiro atoms. The Morgan fingerprint density at radius 3 is 2.44 bits per heavy atom. The Morgan fingerprint density at radius 2 is 1.81 bits per heavy atom. The SMILES string of the molecule is CC1(C)OCC(NCC2CCSCC2)CO1. The van der Waals surface area contributed by atoms with Crippen LogP contribution in [0.25, 0.3) is 0 Å². The Kier molecular flexibility index (Phi) is 4.53. The van der Waals surface area contributed by atoms with Crippen molar-refractivity contribution in [2.24, 2.45) is 5.92 Å². The van der Waals surface area contributed by atoms with Crippen molar-refractivity contribution in [3.8, 4) is 0 Å². The van der Waals surface area contributed by atoms with Gasteiger partial charge in [-0.2, -0.15) is 11.8 Å². The zero-order valence-corrected chi connectivity index (χ0v) is 11.1. The van der Waals surface area contributed by atoms with Gasteiger partial charge in [-0.1, -0.05) is 0 Å². The predicted octanol–water partition coefficient (Wildman–Crippen LogP) is 1.87. The number of rotatable bonds is 3. The number of hydrogen-bond donors (Lipinski definition) is 1. The molecule has 2 saturated heterocycles. The van der Waals surface area contributed by atoms with Crippen LogP contribution in [0.2, 0.25) is 0 Å². The van der Waals surface area contributed by atoms with E-state index in [-0.39, 0.29) is 5.79 Å². The summed E-state index contributed by atoms with van der Waals surface area (Å²) >= 11 is 2.08. The van der Waals surface area contributed by atoms with Gasteiger partial charge in [0.1, 0.15) is 0 Å². The monoisotopic (exact) mass is 245 g/mol. The van der Waals surface area contributed by atoms with Crippen LogP contribution >= 0.6 is 11.8 Å². The molecular weight excluding hydrogens is 222 g/mol. The molecule has 0 unspecified atom stereocenters. The maximum absolute atomic E-state index is 5.63. The summed E-state index contributed by atoms with van der Waals surface area (Å²) < 4.78 is 11.3. The summed E-state index contributed by atoms with van der Waals surface area (Å²) in [4.78, 5) is 0. The molecule has 1 N–H and O–H groups in total. The molecule has 0 radical (unpaired) electrons. The van der Waals surface area contributed by atoms with E-state index in [2.05, 4.69) is 17.1 Å². The standard InChI is InChI=1S/C12H23NO2S/c1-12(2)14-8-11(9-15-12)13-7-10-3-5-16-6-4-10/h10-11,13H,3-9H2,1-2H3. The predicted molar refractivity (Wildman–Crippen MR) is 67.8 cm³/mol. The summed E-state index contributed by atoms with van der Waals surface area (Å²) in [5.74, 6) is 3.13. The number of ether oxygens (including phenoxy) is 2. The highest BCUT2D eigenvalue weighted by Gasteiger charge is 2.28. The van der Waals surface area contributed by atoms with Crippen molar-refractivity contribution in [3.05, 3.63) is 0 Å². The van der Waals surface area contributed by atoms with Crippen LogP contribution in [0, 0.1) is 5.92 Å². The molecule has 0 aromatic heterocycles. The van der Waals surface area contributed by atoms with E-state index in [1.54, 1.807) is 0 Å². The van der Waals surface area contributed by atoms with E-state index in [0.29, 0.717) is 6.04 Å². The van der Waals surface area contributed by atoms with Crippen LogP contribution < -0.4 is 5.32 Å². The molecule has 2 aliphatic heterocycles. The van der Waals surface area contributed by atoms with Crippen LogP contribution in [0.3, 0.4) is 0 Å². The molecule has 2 aliphatic rings. The summed E-state index contributed by atoms with van der Waals surface area (Å²) in [5.41, 5.74) is 0. The molecule has 0 aromatic carbocycles. The molecule has 0 aliphatic carbocycles. The van der Waals surface area contributed by atoms with E-state index < -0.39 is 0 Å². The highest BCUT2D eigenvalue weighted by atomic mass is 32.2. The molecule has 3 nitrogen and oxygen atoms in total. The van der Waals surface area contributed by atoms with Crippen LogP contribution in [-0.4, -0.2) is 43.1 Å². The third kappa shape index (κ3) is 3.91. The molecule has 2 fully saturated rings. The molecule has 16 heavy (non-hydrogen) atoms. The number of nitrogens with one attached hydrogen (secondary N) is 1. The molecule has 0 atom stereocenters. The smallest absolute Gasteiger partial charge is 0.162 e. The van der Waals surface area contributed by atoms with E-state index in [1.165, 1.54) is 24.3 Å². The largest absolute Gasteiger partial charge is 0.349 e. The van der Waals surface area contributed by atoms with Crippen molar-refractivity contribution in [1.29, 1.82) is 0 Å².